The number of hydrogen-bond donors (Lipinski definition) is 0. The van der Waals surface area contributed by atoms with Gasteiger partial charge in [0.1, 0.15) is 11.9 Å². The largest absolute Gasteiger partial charge is 0.340 e. The van der Waals surface area contributed by atoms with Gasteiger partial charge >= 0.3 is 5.69 Å². The van der Waals surface area contributed by atoms with E-state index in [1.54, 1.807) is 6.92 Å². The van der Waals surface area contributed by atoms with Gasteiger partial charge in [-0.15, -0.1) is 0 Å². The average Bonchev–Trinajstić information content (AvgIpc) is 3.02. The fraction of sp³-hybridized carbons (Fsp3) is 0.444. The zero-order chi connectivity index (χ0) is 18.5. The highest BCUT2D eigenvalue weighted by Crippen LogP contribution is 2.16. The monoisotopic (exact) mass is 357 g/mol. The quantitative estimate of drug-likeness (QED) is 0.582. The third kappa shape index (κ3) is 4.26. The smallest absolute Gasteiger partial charge is 0.309 e. The standard InChI is InChI=1S/C18H23N5O3/c1-15-17(23(25)26)13-19-22(15)8-7-18(24)21-11-9-20(10-12-21)14-16-5-3-2-4-6-16/h2-6,13H,7-12,14H2,1H3. The van der Waals surface area contributed by atoms with E-state index in [4.69, 9.17) is 0 Å². The number of rotatable bonds is 6. The number of aryl methyl sites for hydroxylation is 1. The highest BCUT2D eigenvalue weighted by molar-refractivity contribution is 5.76. The fourth-order valence-electron chi connectivity index (χ4n) is 3.20. The molecule has 8 nitrogen and oxygen atoms in total. The summed E-state index contributed by atoms with van der Waals surface area (Å²) >= 11 is 0. The van der Waals surface area contributed by atoms with E-state index in [0.29, 0.717) is 31.7 Å². The Kier molecular flexibility index (Phi) is 5.62. The fourth-order valence-corrected chi connectivity index (χ4v) is 3.20. The van der Waals surface area contributed by atoms with Gasteiger partial charge in [0.15, 0.2) is 0 Å². The van der Waals surface area contributed by atoms with E-state index in [1.165, 1.54) is 16.4 Å². The Balaban J connectivity index is 1.46. The SMILES string of the molecule is Cc1c([N+](=O)[O-])cnn1CCC(=O)N1CCN(Cc2ccccc2)CC1. The van der Waals surface area contributed by atoms with Crippen LogP contribution in [-0.4, -0.2) is 56.6 Å². The molecule has 0 N–H and O–H groups in total. The van der Waals surface area contributed by atoms with Crippen LogP contribution in [0.25, 0.3) is 0 Å². The lowest BCUT2D eigenvalue weighted by Crippen LogP contribution is -2.48. The van der Waals surface area contributed by atoms with Gasteiger partial charge in [0.2, 0.25) is 5.91 Å². The predicted molar refractivity (Wildman–Crippen MR) is 96.5 cm³/mol. The van der Waals surface area contributed by atoms with Crippen molar-refractivity contribution < 1.29 is 9.72 Å². The molecular weight excluding hydrogens is 334 g/mol. The summed E-state index contributed by atoms with van der Waals surface area (Å²) in [5, 5.41) is 14.9. The summed E-state index contributed by atoms with van der Waals surface area (Å²) in [6, 6.07) is 10.3. The maximum atomic E-state index is 12.4. The molecule has 1 aromatic heterocycles. The Morgan fingerprint density at radius 2 is 1.88 bits per heavy atom. The van der Waals surface area contributed by atoms with Crippen molar-refractivity contribution in [1.29, 1.82) is 0 Å². The molecule has 2 aromatic rings. The summed E-state index contributed by atoms with van der Waals surface area (Å²) in [5.74, 6) is 0.0712. The van der Waals surface area contributed by atoms with Gasteiger partial charge in [0.05, 0.1) is 11.5 Å². The summed E-state index contributed by atoms with van der Waals surface area (Å²) in [4.78, 5) is 27.0. The molecule has 26 heavy (non-hydrogen) atoms. The van der Waals surface area contributed by atoms with Gasteiger partial charge in [-0.25, -0.2) is 0 Å². The van der Waals surface area contributed by atoms with E-state index in [2.05, 4.69) is 22.1 Å². The van der Waals surface area contributed by atoms with Gasteiger partial charge < -0.3 is 4.90 Å². The number of nitro groups is 1. The normalized spacial score (nSPS) is 15.2. The lowest BCUT2D eigenvalue weighted by atomic mass is 10.2. The lowest BCUT2D eigenvalue weighted by molar-refractivity contribution is -0.385. The second-order valence-corrected chi connectivity index (χ2v) is 6.49. The van der Waals surface area contributed by atoms with Crippen LogP contribution in [0.3, 0.4) is 0 Å². The van der Waals surface area contributed by atoms with Crippen LogP contribution in [0.1, 0.15) is 17.7 Å². The Labute approximate surface area is 152 Å². The van der Waals surface area contributed by atoms with Crippen LogP contribution in [0.15, 0.2) is 36.5 Å². The van der Waals surface area contributed by atoms with Crippen LogP contribution in [0.5, 0.6) is 0 Å². The van der Waals surface area contributed by atoms with Gasteiger partial charge in [-0.1, -0.05) is 30.3 Å². The molecule has 0 radical (unpaired) electrons. The first-order valence-electron chi connectivity index (χ1n) is 8.75. The molecule has 1 aliphatic rings. The van der Waals surface area contributed by atoms with E-state index in [-0.39, 0.29) is 11.6 Å². The maximum Gasteiger partial charge on any atom is 0.309 e. The van der Waals surface area contributed by atoms with Crippen molar-refractivity contribution in [1.82, 2.24) is 19.6 Å². The number of nitrogens with zero attached hydrogens (tertiary/aromatic N) is 5. The minimum Gasteiger partial charge on any atom is -0.340 e. The highest BCUT2D eigenvalue weighted by atomic mass is 16.6. The van der Waals surface area contributed by atoms with Crippen molar-refractivity contribution in [2.24, 2.45) is 0 Å². The Bertz CT molecular complexity index is 766. The summed E-state index contributed by atoms with van der Waals surface area (Å²) in [6.45, 7) is 6.05. The number of carbonyl (C=O) groups is 1. The number of carbonyl (C=O) groups excluding carboxylic acids is 1. The maximum absolute atomic E-state index is 12.4. The molecule has 1 fully saturated rings. The molecule has 8 heteroatoms. The molecule has 0 bridgehead atoms. The Morgan fingerprint density at radius 3 is 2.50 bits per heavy atom. The van der Waals surface area contributed by atoms with Crippen LogP contribution in [0, 0.1) is 17.0 Å². The first-order valence-corrected chi connectivity index (χ1v) is 8.75. The second-order valence-electron chi connectivity index (χ2n) is 6.49. The van der Waals surface area contributed by atoms with Gasteiger partial charge in [-0.3, -0.25) is 24.5 Å². The number of amides is 1. The third-order valence-electron chi connectivity index (χ3n) is 4.79. The molecular formula is C18H23N5O3. The van der Waals surface area contributed by atoms with Crippen molar-refractivity contribution >= 4 is 11.6 Å². The van der Waals surface area contributed by atoms with Crippen molar-refractivity contribution in [2.75, 3.05) is 26.2 Å². The minimum absolute atomic E-state index is 0.00743. The number of benzene rings is 1. The van der Waals surface area contributed by atoms with Gasteiger partial charge in [-0.05, 0) is 12.5 Å². The zero-order valence-electron chi connectivity index (χ0n) is 14.9. The van der Waals surface area contributed by atoms with E-state index in [1.807, 2.05) is 23.1 Å². The van der Waals surface area contributed by atoms with Crippen LogP contribution in [-0.2, 0) is 17.9 Å². The van der Waals surface area contributed by atoms with E-state index in [0.717, 1.165) is 19.6 Å². The van der Waals surface area contributed by atoms with Crippen molar-refractivity contribution in [3.8, 4) is 0 Å². The predicted octanol–water partition coefficient (Wildman–Crippen LogP) is 1.83. The van der Waals surface area contributed by atoms with Crippen molar-refractivity contribution in [2.45, 2.75) is 26.4 Å². The molecule has 0 spiro atoms. The second kappa shape index (κ2) is 8.09. The van der Waals surface area contributed by atoms with Crippen molar-refractivity contribution in [3.05, 3.63) is 57.9 Å². The molecule has 0 aliphatic carbocycles. The molecule has 1 aliphatic heterocycles. The minimum atomic E-state index is -0.452. The van der Waals surface area contributed by atoms with Gasteiger partial charge in [0.25, 0.3) is 0 Å². The van der Waals surface area contributed by atoms with Crippen molar-refractivity contribution in [3.63, 3.8) is 0 Å². The molecule has 0 unspecified atom stereocenters. The van der Waals surface area contributed by atoms with E-state index in [9.17, 15) is 14.9 Å². The number of hydrogen-bond acceptors (Lipinski definition) is 5. The number of aromatic nitrogens is 2. The third-order valence-corrected chi connectivity index (χ3v) is 4.79. The summed E-state index contributed by atoms with van der Waals surface area (Å²) in [5.41, 5.74) is 1.76. The summed E-state index contributed by atoms with van der Waals surface area (Å²) < 4.78 is 1.53. The molecule has 0 atom stereocenters. The van der Waals surface area contributed by atoms with E-state index >= 15 is 0 Å². The Morgan fingerprint density at radius 1 is 1.19 bits per heavy atom. The average molecular weight is 357 g/mol. The lowest BCUT2D eigenvalue weighted by Gasteiger charge is -2.34. The first-order chi connectivity index (χ1) is 12.5. The molecule has 2 heterocycles. The summed E-state index contributed by atoms with van der Waals surface area (Å²) in [6.07, 6.45) is 1.54. The molecule has 1 amide bonds. The Hall–Kier alpha value is -2.74. The van der Waals surface area contributed by atoms with E-state index < -0.39 is 4.92 Å². The van der Waals surface area contributed by atoms with Crippen LogP contribution in [0.4, 0.5) is 5.69 Å². The van der Waals surface area contributed by atoms with Gasteiger partial charge in [-0.2, -0.15) is 5.10 Å². The molecule has 138 valence electrons. The van der Waals surface area contributed by atoms with Crippen LogP contribution >= 0.6 is 0 Å². The van der Waals surface area contributed by atoms with Gasteiger partial charge in [0, 0.05) is 39.1 Å². The zero-order valence-corrected chi connectivity index (χ0v) is 14.9. The number of piperazine rings is 1. The van der Waals surface area contributed by atoms with Crippen LogP contribution < -0.4 is 0 Å². The molecule has 1 saturated heterocycles. The topological polar surface area (TPSA) is 84.5 Å². The molecule has 0 saturated carbocycles. The van der Waals surface area contributed by atoms with Crippen LogP contribution in [0.2, 0.25) is 0 Å². The molecule has 1 aromatic carbocycles. The summed E-state index contributed by atoms with van der Waals surface area (Å²) in [7, 11) is 0. The molecule has 3 rings (SSSR count). The highest BCUT2D eigenvalue weighted by Gasteiger charge is 2.22. The first kappa shape index (κ1) is 18.1.